The summed E-state index contributed by atoms with van der Waals surface area (Å²) in [6.45, 7) is 1.87. The largest absolute Gasteiger partial charge is 0.369 e. The minimum absolute atomic E-state index is 0.00254. The van der Waals surface area contributed by atoms with E-state index in [0.717, 1.165) is 44.1 Å². The molecule has 2 unspecified atom stereocenters. The van der Waals surface area contributed by atoms with Crippen molar-refractivity contribution in [2.75, 3.05) is 4.31 Å². The van der Waals surface area contributed by atoms with E-state index in [1.54, 1.807) is 12.1 Å². The molecule has 2 atom stereocenters. The Hall–Kier alpha value is -2.09. The molecule has 1 aromatic carbocycles. The molecule has 3 N–H and O–H groups in total. The summed E-state index contributed by atoms with van der Waals surface area (Å²) in [4.78, 5) is 25.9. The molecular formula is C23H31N3O4S. The fourth-order valence-corrected chi connectivity index (χ4v) is 8.17. The number of nitrogens with two attached hydrogens (primary N) is 1. The van der Waals surface area contributed by atoms with Crippen LogP contribution in [-0.2, 0) is 20.5 Å². The van der Waals surface area contributed by atoms with Crippen molar-refractivity contribution < 1.29 is 18.0 Å². The summed E-state index contributed by atoms with van der Waals surface area (Å²) < 4.78 is 26.1. The first-order valence-corrected chi connectivity index (χ1v) is 12.5. The predicted molar refractivity (Wildman–Crippen MR) is 118 cm³/mol. The molecule has 0 heterocycles. The van der Waals surface area contributed by atoms with Crippen molar-refractivity contribution in [3.63, 3.8) is 0 Å². The third kappa shape index (κ3) is 3.09. The van der Waals surface area contributed by atoms with Gasteiger partial charge in [0, 0.05) is 11.5 Å². The van der Waals surface area contributed by atoms with Gasteiger partial charge >= 0.3 is 0 Å². The van der Waals surface area contributed by atoms with Crippen LogP contribution < -0.4 is 15.4 Å². The van der Waals surface area contributed by atoms with Crippen LogP contribution in [0.3, 0.4) is 0 Å². The van der Waals surface area contributed by atoms with E-state index in [-0.39, 0.29) is 29.7 Å². The zero-order valence-corrected chi connectivity index (χ0v) is 18.8. The summed E-state index contributed by atoms with van der Waals surface area (Å²) in [6.07, 6.45) is 6.26. The van der Waals surface area contributed by atoms with Gasteiger partial charge in [-0.25, -0.2) is 8.42 Å². The fraction of sp³-hybridized carbons (Fsp3) is 0.652. The van der Waals surface area contributed by atoms with Crippen LogP contribution >= 0.6 is 0 Å². The average molecular weight is 446 g/mol. The van der Waals surface area contributed by atoms with Gasteiger partial charge in [0.15, 0.2) is 0 Å². The van der Waals surface area contributed by atoms with Crippen molar-refractivity contribution in [1.82, 2.24) is 5.32 Å². The van der Waals surface area contributed by atoms with Crippen molar-refractivity contribution in [3.05, 3.63) is 29.8 Å². The molecule has 5 fully saturated rings. The van der Waals surface area contributed by atoms with Gasteiger partial charge in [-0.15, -0.1) is 0 Å². The third-order valence-electron chi connectivity index (χ3n) is 8.61. The second kappa shape index (κ2) is 7.22. The zero-order chi connectivity index (χ0) is 22.0. The number of carbonyl (C=O) groups excluding carboxylic acids is 2. The van der Waals surface area contributed by atoms with Crippen molar-refractivity contribution >= 4 is 28.4 Å². The molecule has 4 bridgehead atoms. The molecule has 0 saturated heterocycles. The molecular weight excluding hydrogens is 414 g/mol. The SMILES string of the molecule is Cc1ccccc1N([SH](=O)=O)C1(C(=O)NC2C3CC4CC2CC(C(N)=O)(C4)C3)CCC1. The summed E-state index contributed by atoms with van der Waals surface area (Å²) in [6, 6.07) is 7.31. The van der Waals surface area contributed by atoms with E-state index in [9.17, 15) is 18.0 Å². The summed E-state index contributed by atoms with van der Waals surface area (Å²) >= 11 is 0. The Labute approximate surface area is 184 Å². The van der Waals surface area contributed by atoms with Crippen molar-refractivity contribution in [1.29, 1.82) is 0 Å². The molecule has 5 aliphatic rings. The monoisotopic (exact) mass is 445 g/mol. The van der Waals surface area contributed by atoms with Crippen LogP contribution in [0.4, 0.5) is 5.69 Å². The van der Waals surface area contributed by atoms with Gasteiger partial charge in [0.05, 0.1) is 5.69 Å². The molecule has 1 aromatic rings. The van der Waals surface area contributed by atoms with Gasteiger partial charge in [-0.1, -0.05) is 18.2 Å². The van der Waals surface area contributed by atoms with E-state index >= 15 is 0 Å². The molecule has 0 radical (unpaired) electrons. The lowest BCUT2D eigenvalue weighted by Crippen LogP contribution is -2.68. The van der Waals surface area contributed by atoms with Crippen LogP contribution in [0.15, 0.2) is 24.3 Å². The average Bonchev–Trinajstić information content (AvgIpc) is 2.67. The molecule has 8 heteroatoms. The molecule has 5 aliphatic carbocycles. The molecule has 0 aliphatic heterocycles. The van der Waals surface area contributed by atoms with Gasteiger partial charge in [-0.2, -0.15) is 0 Å². The van der Waals surface area contributed by atoms with E-state index < -0.39 is 21.8 Å². The molecule has 168 valence electrons. The second-order valence-corrected chi connectivity index (χ2v) is 11.2. The number of amides is 2. The Morgan fingerprint density at radius 2 is 1.74 bits per heavy atom. The lowest BCUT2D eigenvalue weighted by Gasteiger charge is -2.59. The quantitative estimate of drug-likeness (QED) is 0.582. The number of nitrogens with zero attached hydrogens (tertiary/aromatic N) is 1. The molecule has 31 heavy (non-hydrogen) atoms. The highest BCUT2D eigenvalue weighted by Crippen LogP contribution is 2.60. The number of nitrogens with one attached hydrogen (secondary N) is 1. The summed E-state index contributed by atoms with van der Waals surface area (Å²) in [5, 5.41) is 3.29. The highest BCUT2D eigenvalue weighted by Gasteiger charge is 2.59. The zero-order valence-electron chi connectivity index (χ0n) is 17.9. The van der Waals surface area contributed by atoms with Gasteiger partial charge in [0.25, 0.3) is 0 Å². The first kappa shape index (κ1) is 20.8. The van der Waals surface area contributed by atoms with E-state index in [2.05, 4.69) is 5.32 Å². The lowest BCUT2D eigenvalue weighted by atomic mass is 9.47. The minimum atomic E-state index is -2.97. The second-order valence-electron chi connectivity index (χ2n) is 10.3. The minimum Gasteiger partial charge on any atom is -0.369 e. The number of benzene rings is 1. The van der Waals surface area contributed by atoms with Crippen LogP contribution in [0.2, 0.25) is 0 Å². The number of primary amides is 1. The number of hydrogen-bond acceptors (Lipinski definition) is 4. The van der Waals surface area contributed by atoms with Crippen molar-refractivity contribution in [2.24, 2.45) is 28.9 Å². The van der Waals surface area contributed by atoms with E-state index in [1.807, 2.05) is 19.1 Å². The Bertz CT molecular complexity index is 978. The third-order valence-corrected chi connectivity index (χ3v) is 9.53. The number of rotatable bonds is 6. The maximum absolute atomic E-state index is 13.7. The Balaban J connectivity index is 1.42. The maximum Gasteiger partial charge on any atom is 0.247 e. The molecule has 7 nitrogen and oxygen atoms in total. The number of hydrogen-bond donors (Lipinski definition) is 3. The molecule has 0 aromatic heterocycles. The number of thiol groups is 1. The normalized spacial score (nSPS) is 34.9. The fourth-order valence-electron chi connectivity index (χ4n) is 7.17. The first-order valence-electron chi connectivity index (χ1n) is 11.4. The number of anilines is 1. The summed E-state index contributed by atoms with van der Waals surface area (Å²) in [5.41, 5.74) is 5.73. The number of para-hydroxylation sites is 1. The van der Waals surface area contributed by atoms with Gasteiger partial charge in [0.2, 0.25) is 22.7 Å². The Morgan fingerprint density at radius 3 is 2.26 bits per heavy atom. The number of carbonyl (C=O) groups is 2. The van der Waals surface area contributed by atoms with Gasteiger partial charge in [-0.3, -0.25) is 13.9 Å². The molecule has 0 spiro atoms. The van der Waals surface area contributed by atoms with Crippen molar-refractivity contribution in [2.45, 2.75) is 69.9 Å². The Morgan fingerprint density at radius 1 is 1.10 bits per heavy atom. The topological polar surface area (TPSA) is 110 Å². The molecule has 5 saturated carbocycles. The van der Waals surface area contributed by atoms with Crippen LogP contribution in [0.5, 0.6) is 0 Å². The van der Waals surface area contributed by atoms with Gasteiger partial charge < -0.3 is 11.1 Å². The van der Waals surface area contributed by atoms with Crippen molar-refractivity contribution in [3.8, 4) is 0 Å². The van der Waals surface area contributed by atoms with E-state index in [0.29, 0.717) is 24.4 Å². The lowest BCUT2D eigenvalue weighted by molar-refractivity contribution is -0.148. The first-order chi connectivity index (χ1) is 14.8. The smallest absolute Gasteiger partial charge is 0.247 e. The summed E-state index contributed by atoms with van der Waals surface area (Å²) in [7, 11) is -2.97. The Kier molecular flexibility index (Phi) is 4.84. The van der Waals surface area contributed by atoms with Gasteiger partial charge in [-0.05, 0) is 87.7 Å². The molecule has 2 amide bonds. The van der Waals surface area contributed by atoms with Crippen LogP contribution in [0.25, 0.3) is 0 Å². The highest BCUT2D eigenvalue weighted by molar-refractivity contribution is 7.74. The van der Waals surface area contributed by atoms with Crippen LogP contribution in [0, 0.1) is 30.1 Å². The summed E-state index contributed by atoms with van der Waals surface area (Å²) in [5.74, 6) is 0.615. The van der Waals surface area contributed by atoms with Crippen LogP contribution in [0.1, 0.15) is 56.9 Å². The number of aryl methyl sites for hydroxylation is 1. The standard InChI is InChI=1S/C23H31N3O4S/c1-14-5-2-3-6-18(14)26(31(29)30)23(7-4-8-23)21(28)25-19-16-9-15-10-17(19)13-22(11-15,12-16)20(24)27/h2-3,5-6,15-17,19,31H,4,7-13H2,1H3,(H2,24,27)(H,25,28). The highest BCUT2D eigenvalue weighted by atomic mass is 32.2. The van der Waals surface area contributed by atoms with Gasteiger partial charge in [0.1, 0.15) is 5.54 Å². The van der Waals surface area contributed by atoms with E-state index in [1.165, 1.54) is 4.31 Å². The maximum atomic E-state index is 13.7. The van der Waals surface area contributed by atoms with E-state index in [4.69, 9.17) is 5.73 Å². The van der Waals surface area contributed by atoms with Crippen LogP contribution in [-0.4, -0.2) is 31.8 Å². The predicted octanol–water partition coefficient (Wildman–Crippen LogP) is 2.05. The molecule has 6 rings (SSSR count).